The summed E-state index contributed by atoms with van der Waals surface area (Å²) in [5.74, 6) is 0.715. The Bertz CT molecular complexity index is 3580. The van der Waals surface area contributed by atoms with E-state index < -0.39 is 0 Å². The molecule has 0 N–H and O–H groups in total. The van der Waals surface area contributed by atoms with Crippen LogP contribution in [0.4, 0.5) is 0 Å². The Morgan fingerprint density at radius 1 is 0.333 bits per heavy atom. The fourth-order valence-corrected chi connectivity index (χ4v) is 10.2. The number of aromatic nitrogens is 3. The van der Waals surface area contributed by atoms with E-state index >= 15 is 0 Å². The molecule has 0 spiro atoms. The zero-order chi connectivity index (χ0) is 39.6. The molecule has 0 saturated carbocycles. The topological polar surface area (TPSA) is 30.7 Å². The minimum absolute atomic E-state index is 0.715. The smallest absolute Gasteiger partial charge is 0.160 e. The van der Waals surface area contributed by atoms with Crippen molar-refractivity contribution in [2.45, 2.75) is 0 Å². The highest BCUT2D eigenvalue weighted by Crippen LogP contribution is 2.42. The minimum atomic E-state index is 0.715. The van der Waals surface area contributed by atoms with Crippen LogP contribution in [-0.4, -0.2) is 14.5 Å². The first-order chi connectivity index (χ1) is 29.7. The van der Waals surface area contributed by atoms with Gasteiger partial charge < -0.3 is 4.57 Å². The lowest BCUT2D eigenvalue weighted by atomic mass is 9.92. The van der Waals surface area contributed by atoms with E-state index in [4.69, 9.17) is 9.97 Å². The zero-order valence-electron chi connectivity index (χ0n) is 32.5. The van der Waals surface area contributed by atoms with Crippen LogP contribution in [0.1, 0.15) is 0 Å². The Morgan fingerprint density at radius 2 is 0.917 bits per heavy atom. The van der Waals surface area contributed by atoms with Crippen LogP contribution >= 0.6 is 11.3 Å². The third kappa shape index (κ3) is 5.65. The summed E-state index contributed by atoms with van der Waals surface area (Å²) in [5, 5.41) is 7.39. The molecule has 280 valence electrons. The number of hydrogen-bond donors (Lipinski definition) is 0. The Morgan fingerprint density at radius 3 is 1.72 bits per heavy atom. The predicted octanol–water partition coefficient (Wildman–Crippen LogP) is 15.4. The average Bonchev–Trinajstić information content (AvgIpc) is 3.87. The first-order valence-electron chi connectivity index (χ1n) is 20.3. The second-order valence-corrected chi connectivity index (χ2v) is 16.4. The fourth-order valence-electron chi connectivity index (χ4n) is 9.01. The Balaban J connectivity index is 0.963. The maximum atomic E-state index is 5.27. The van der Waals surface area contributed by atoms with Crippen LogP contribution in [0.15, 0.2) is 212 Å². The molecule has 0 aliphatic carbocycles. The maximum Gasteiger partial charge on any atom is 0.160 e. The highest BCUT2D eigenvalue weighted by Gasteiger charge is 2.18. The lowest BCUT2D eigenvalue weighted by molar-refractivity contribution is 1.18. The molecular weight excluding hydrogens is 747 g/mol. The minimum Gasteiger partial charge on any atom is -0.309 e. The van der Waals surface area contributed by atoms with Crippen molar-refractivity contribution in [3.63, 3.8) is 0 Å². The summed E-state index contributed by atoms with van der Waals surface area (Å²) in [5.41, 5.74) is 13.3. The van der Waals surface area contributed by atoms with Crippen molar-refractivity contribution < 1.29 is 0 Å². The molecule has 0 aliphatic rings. The molecule has 12 aromatic rings. The summed E-state index contributed by atoms with van der Waals surface area (Å²) in [7, 11) is 0. The van der Waals surface area contributed by atoms with E-state index in [0.29, 0.717) is 5.82 Å². The molecule has 3 aromatic heterocycles. The average molecular weight is 782 g/mol. The normalized spacial score (nSPS) is 11.7. The molecule has 0 bridgehead atoms. The highest BCUT2D eigenvalue weighted by molar-refractivity contribution is 7.26. The molecule has 9 aromatic carbocycles. The highest BCUT2D eigenvalue weighted by atomic mass is 32.1. The van der Waals surface area contributed by atoms with Gasteiger partial charge in [0.25, 0.3) is 0 Å². The van der Waals surface area contributed by atoms with Crippen LogP contribution in [-0.2, 0) is 0 Å². The van der Waals surface area contributed by atoms with Crippen LogP contribution in [0, 0.1) is 0 Å². The van der Waals surface area contributed by atoms with Gasteiger partial charge in [-0.05, 0) is 69.4 Å². The van der Waals surface area contributed by atoms with E-state index in [2.05, 4.69) is 211 Å². The molecule has 3 nitrogen and oxygen atoms in total. The number of thiophene rings is 1. The largest absolute Gasteiger partial charge is 0.309 e. The lowest BCUT2D eigenvalue weighted by Gasteiger charge is -2.14. The number of benzene rings is 9. The van der Waals surface area contributed by atoms with Gasteiger partial charge in [0.2, 0.25) is 0 Å². The second kappa shape index (κ2) is 14.0. The summed E-state index contributed by atoms with van der Waals surface area (Å²) < 4.78 is 4.90. The van der Waals surface area contributed by atoms with Crippen LogP contribution in [0.25, 0.3) is 115 Å². The molecule has 0 radical (unpaired) electrons. The van der Waals surface area contributed by atoms with Gasteiger partial charge in [-0.25, -0.2) is 9.97 Å². The molecule has 60 heavy (non-hydrogen) atoms. The van der Waals surface area contributed by atoms with Gasteiger partial charge in [-0.1, -0.05) is 176 Å². The van der Waals surface area contributed by atoms with Crippen molar-refractivity contribution in [3.05, 3.63) is 212 Å². The van der Waals surface area contributed by atoms with Gasteiger partial charge >= 0.3 is 0 Å². The quantitative estimate of drug-likeness (QED) is 0.168. The molecule has 4 heteroatoms. The van der Waals surface area contributed by atoms with E-state index in [0.717, 1.165) is 39.2 Å². The molecule has 0 atom stereocenters. The van der Waals surface area contributed by atoms with Crippen molar-refractivity contribution in [1.29, 1.82) is 0 Å². The maximum absolute atomic E-state index is 5.27. The van der Waals surface area contributed by atoms with E-state index in [1.807, 2.05) is 17.4 Å². The van der Waals surface area contributed by atoms with Gasteiger partial charge in [0, 0.05) is 53.3 Å². The Labute approximate surface area is 351 Å². The summed E-state index contributed by atoms with van der Waals surface area (Å²) in [6, 6.07) is 76.2. The van der Waals surface area contributed by atoms with E-state index in [1.165, 1.54) is 69.6 Å². The van der Waals surface area contributed by atoms with Crippen molar-refractivity contribution in [2.24, 2.45) is 0 Å². The van der Waals surface area contributed by atoms with E-state index in [1.54, 1.807) is 0 Å². The summed E-state index contributed by atoms with van der Waals surface area (Å²) in [6.07, 6.45) is 0. The third-order valence-electron chi connectivity index (χ3n) is 11.9. The van der Waals surface area contributed by atoms with Crippen molar-refractivity contribution in [3.8, 4) is 61.8 Å². The molecule has 0 amide bonds. The van der Waals surface area contributed by atoms with Gasteiger partial charge in [-0.2, -0.15) is 0 Å². The van der Waals surface area contributed by atoms with Gasteiger partial charge in [0.1, 0.15) is 0 Å². The molecule has 12 rings (SSSR count). The molecule has 3 heterocycles. The lowest BCUT2D eigenvalue weighted by Crippen LogP contribution is -1.97. The number of nitrogens with zero attached hydrogens (tertiary/aromatic N) is 3. The molecule has 0 saturated heterocycles. The van der Waals surface area contributed by atoms with Gasteiger partial charge in [-0.3, -0.25) is 0 Å². The molecular formula is C56H35N3S. The van der Waals surface area contributed by atoms with Crippen LogP contribution < -0.4 is 0 Å². The van der Waals surface area contributed by atoms with Crippen molar-refractivity contribution in [1.82, 2.24) is 14.5 Å². The summed E-state index contributed by atoms with van der Waals surface area (Å²) in [4.78, 5) is 10.5. The standard InChI is InChI=1S/C56H35N3S/c1-3-14-38(15-4-1)56-57-50(35-51(58-56)49-23-13-22-48-47-21-10-12-25-54(47)60-55(48)49)44-33-32-41(42-18-7-8-19-43(42)44)37-28-26-36(27-29-37)39-30-31-46-45-20-9-11-24-52(45)59(53(46)34-39)40-16-5-2-6-17-40/h1-35H. The first kappa shape index (κ1) is 34.4. The fraction of sp³-hybridized carbons (Fsp3) is 0. The molecule has 0 fully saturated rings. The number of fused-ring (bicyclic) bond motifs is 7. The van der Waals surface area contributed by atoms with Crippen LogP contribution in [0.2, 0.25) is 0 Å². The predicted molar refractivity (Wildman–Crippen MR) is 254 cm³/mol. The van der Waals surface area contributed by atoms with Crippen molar-refractivity contribution >= 4 is 64.1 Å². The third-order valence-corrected chi connectivity index (χ3v) is 13.1. The number of rotatable bonds is 6. The van der Waals surface area contributed by atoms with Gasteiger partial charge in [0.05, 0.1) is 22.4 Å². The summed E-state index contributed by atoms with van der Waals surface area (Å²) in [6.45, 7) is 0. The number of para-hydroxylation sites is 2. The van der Waals surface area contributed by atoms with Crippen LogP contribution in [0.5, 0.6) is 0 Å². The zero-order valence-corrected chi connectivity index (χ0v) is 33.3. The number of hydrogen-bond acceptors (Lipinski definition) is 3. The Kier molecular flexibility index (Phi) is 8.03. The SMILES string of the molecule is c1ccc(-c2nc(-c3ccc(-c4ccc(-c5ccc6c7ccccc7n(-c7ccccc7)c6c5)cc4)c4ccccc34)cc(-c3cccc4c3sc3ccccc34)n2)cc1. The molecule has 0 aliphatic heterocycles. The Hall–Kier alpha value is -7.66. The monoisotopic (exact) mass is 781 g/mol. The summed E-state index contributed by atoms with van der Waals surface area (Å²) >= 11 is 1.83. The van der Waals surface area contributed by atoms with Gasteiger partial charge in [0.15, 0.2) is 5.82 Å². The first-order valence-corrected chi connectivity index (χ1v) is 21.1. The van der Waals surface area contributed by atoms with E-state index in [9.17, 15) is 0 Å². The van der Waals surface area contributed by atoms with E-state index in [-0.39, 0.29) is 0 Å². The molecule has 0 unspecified atom stereocenters. The second-order valence-electron chi connectivity index (χ2n) is 15.3. The van der Waals surface area contributed by atoms with Crippen LogP contribution in [0.3, 0.4) is 0 Å². The van der Waals surface area contributed by atoms with Crippen molar-refractivity contribution in [2.75, 3.05) is 0 Å². The van der Waals surface area contributed by atoms with Gasteiger partial charge in [-0.15, -0.1) is 11.3 Å².